The number of hydrogen-bond donors (Lipinski definition) is 1. The van der Waals surface area contributed by atoms with Crippen LogP contribution in [0.2, 0.25) is 0 Å². The zero-order chi connectivity index (χ0) is 10.9. The first-order chi connectivity index (χ1) is 7.33. The van der Waals surface area contributed by atoms with Gasteiger partial charge in [0, 0.05) is 19.5 Å². The molecule has 0 aliphatic carbocycles. The highest BCUT2D eigenvalue weighted by Crippen LogP contribution is 2.10. The lowest BCUT2D eigenvalue weighted by atomic mass is 10.2. The number of nitrogens with two attached hydrogens (primary N) is 1. The first kappa shape index (κ1) is 12.5. The van der Waals surface area contributed by atoms with Gasteiger partial charge in [0.2, 0.25) is 0 Å². The van der Waals surface area contributed by atoms with E-state index in [1.54, 1.807) is 5.06 Å². The van der Waals surface area contributed by atoms with Gasteiger partial charge in [0.25, 0.3) is 0 Å². The van der Waals surface area contributed by atoms with Crippen molar-refractivity contribution in [3.63, 3.8) is 0 Å². The quantitative estimate of drug-likeness (QED) is 0.680. The Kier molecular flexibility index (Phi) is 6.36. The van der Waals surface area contributed by atoms with Crippen molar-refractivity contribution in [2.75, 3.05) is 19.6 Å². The number of carbonyl (C=O) groups excluding carboxylic acids is 1. The third-order valence-electron chi connectivity index (χ3n) is 2.63. The second-order valence-electron chi connectivity index (χ2n) is 4.05. The molecule has 88 valence electrons. The van der Waals surface area contributed by atoms with E-state index in [0.29, 0.717) is 13.0 Å². The number of piperidine rings is 1. The van der Waals surface area contributed by atoms with Crippen molar-refractivity contribution in [3.8, 4) is 0 Å². The monoisotopic (exact) mass is 214 g/mol. The van der Waals surface area contributed by atoms with Gasteiger partial charge in [0.05, 0.1) is 0 Å². The van der Waals surface area contributed by atoms with Crippen LogP contribution < -0.4 is 5.73 Å². The molecule has 0 aromatic rings. The first-order valence-electron chi connectivity index (χ1n) is 5.99. The van der Waals surface area contributed by atoms with Crippen LogP contribution in [0.15, 0.2) is 0 Å². The zero-order valence-corrected chi connectivity index (χ0v) is 9.41. The van der Waals surface area contributed by atoms with Crippen molar-refractivity contribution in [1.29, 1.82) is 0 Å². The average Bonchev–Trinajstić information content (AvgIpc) is 2.26. The molecule has 0 saturated carbocycles. The lowest BCUT2D eigenvalue weighted by Gasteiger charge is -2.24. The predicted octanol–water partition coefficient (Wildman–Crippen LogP) is 1.45. The number of hydroxylamine groups is 2. The Hall–Kier alpha value is -0.610. The molecule has 4 heteroatoms. The minimum absolute atomic E-state index is 0.0890. The Bertz CT molecular complexity index is 179. The van der Waals surface area contributed by atoms with E-state index in [0.717, 1.165) is 45.2 Å². The summed E-state index contributed by atoms with van der Waals surface area (Å²) in [5.74, 6) is -0.0890. The normalized spacial score (nSPS) is 17.7. The molecule has 1 aliphatic heterocycles. The second kappa shape index (κ2) is 7.65. The maximum Gasteiger partial charge on any atom is 0.325 e. The summed E-state index contributed by atoms with van der Waals surface area (Å²) in [7, 11) is 0. The fourth-order valence-corrected chi connectivity index (χ4v) is 1.74. The SMILES string of the molecule is NCCCCCC(=O)ON1CCCCC1. The van der Waals surface area contributed by atoms with Crippen molar-refractivity contribution < 1.29 is 9.63 Å². The molecule has 0 aromatic carbocycles. The number of rotatable bonds is 6. The molecule has 0 aromatic heterocycles. The summed E-state index contributed by atoms with van der Waals surface area (Å²) in [6, 6.07) is 0. The number of carbonyl (C=O) groups is 1. The molecule has 1 saturated heterocycles. The minimum atomic E-state index is -0.0890. The van der Waals surface area contributed by atoms with E-state index >= 15 is 0 Å². The van der Waals surface area contributed by atoms with Gasteiger partial charge in [-0.15, -0.1) is 5.06 Å². The molecule has 2 N–H and O–H groups in total. The topological polar surface area (TPSA) is 55.6 Å². The summed E-state index contributed by atoms with van der Waals surface area (Å²) in [5, 5.41) is 1.80. The van der Waals surface area contributed by atoms with Crippen LogP contribution in [0.1, 0.15) is 44.9 Å². The minimum Gasteiger partial charge on any atom is -0.368 e. The van der Waals surface area contributed by atoms with Crippen molar-refractivity contribution in [2.24, 2.45) is 5.73 Å². The highest BCUT2D eigenvalue weighted by atomic mass is 16.7. The van der Waals surface area contributed by atoms with Crippen molar-refractivity contribution in [2.45, 2.75) is 44.9 Å². The van der Waals surface area contributed by atoms with Crippen LogP contribution in [0.3, 0.4) is 0 Å². The van der Waals surface area contributed by atoms with Gasteiger partial charge in [-0.05, 0) is 32.2 Å². The van der Waals surface area contributed by atoms with E-state index in [2.05, 4.69) is 0 Å². The summed E-state index contributed by atoms with van der Waals surface area (Å²) in [6.07, 6.45) is 6.97. The highest BCUT2D eigenvalue weighted by Gasteiger charge is 2.14. The summed E-state index contributed by atoms with van der Waals surface area (Å²) in [4.78, 5) is 16.6. The van der Waals surface area contributed by atoms with Crippen molar-refractivity contribution in [1.82, 2.24) is 5.06 Å². The Morgan fingerprint density at radius 2 is 1.87 bits per heavy atom. The Morgan fingerprint density at radius 1 is 1.13 bits per heavy atom. The van der Waals surface area contributed by atoms with E-state index in [9.17, 15) is 4.79 Å². The first-order valence-corrected chi connectivity index (χ1v) is 5.99. The van der Waals surface area contributed by atoms with Gasteiger partial charge in [-0.3, -0.25) is 4.79 Å². The second-order valence-corrected chi connectivity index (χ2v) is 4.05. The van der Waals surface area contributed by atoms with Gasteiger partial charge in [0.1, 0.15) is 0 Å². The lowest BCUT2D eigenvalue weighted by Crippen LogP contribution is -2.32. The molecule has 0 unspecified atom stereocenters. The van der Waals surface area contributed by atoms with Crippen molar-refractivity contribution in [3.05, 3.63) is 0 Å². The molecule has 15 heavy (non-hydrogen) atoms. The summed E-state index contributed by atoms with van der Waals surface area (Å²) in [6.45, 7) is 2.50. The Balaban J connectivity index is 2.01. The molecule has 1 heterocycles. The molecular weight excluding hydrogens is 192 g/mol. The molecule has 0 atom stereocenters. The third kappa shape index (κ3) is 5.74. The molecule has 0 spiro atoms. The number of nitrogens with zero attached hydrogens (tertiary/aromatic N) is 1. The van der Waals surface area contributed by atoms with Crippen LogP contribution in [0.5, 0.6) is 0 Å². The fraction of sp³-hybridized carbons (Fsp3) is 0.909. The Labute approximate surface area is 91.7 Å². The van der Waals surface area contributed by atoms with E-state index in [4.69, 9.17) is 10.6 Å². The van der Waals surface area contributed by atoms with Gasteiger partial charge in [-0.1, -0.05) is 12.8 Å². The predicted molar refractivity (Wildman–Crippen MR) is 59.0 cm³/mol. The third-order valence-corrected chi connectivity index (χ3v) is 2.63. The van der Waals surface area contributed by atoms with Gasteiger partial charge >= 0.3 is 5.97 Å². The zero-order valence-electron chi connectivity index (χ0n) is 9.41. The molecule has 1 aliphatic rings. The summed E-state index contributed by atoms with van der Waals surface area (Å²) in [5.41, 5.74) is 5.37. The van der Waals surface area contributed by atoms with Gasteiger partial charge in [0.15, 0.2) is 0 Å². The lowest BCUT2D eigenvalue weighted by molar-refractivity contribution is -0.194. The molecule has 0 radical (unpaired) electrons. The molecule has 0 amide bonds. The van der Waals surface area contributed by atoms with E-state index < -0.39 is 0 Å². The van der Waals surface area contributed by atoms with Crippen molar-refractivity contribution >= 4 is 5.97 Å². The van der Waals surface area contributed by atoms with Gasteiger partial charge < -0.3 is 10.6 Å². The van der Waals surface area contributed by atoms with Crippen LogP contribution in [0.4, 0.5) is 0 Å². The molecule has 4 nitrogen and oxygen atoms in total. The van der Waals surface area contributed by atoms with E-state index in [-0.39, 0.29) is 5.97 Å². The van der Waals surface area contributed by atoms with Crippen LogP contribution in [-0.2, 0) is 9.63 Å². The molecular formula is C11H22N2O2. The fourth-order valence-electron chi connectivity index (χ4n) is 1.74. The summed E-state index contributed by atoms with van der Waals surface area (Å²) >= 11 is 0. The van der Waals surface area contributed by atoms with Gasteiger partial charge in [-0.25, -0.2) is 0 Å². The molecule has 1 rings (SSSR count). The maximum absolute atomic E-state index is 11.4. The van der Waals surface area contributed by atoms with E-state index in [1.165, 1.54) is 6.42 Å². The summed E-state index contributed by atoms with van der Waals surface area (Å²) < 4.78 is 0. The standard InChI is InChI=1S/C11H22N2O2/c12-8-4-1-3-7-11(14)15-13-9-5-2-6-10-13/h1-10,12H2. The smallest absolute Gasteiger partial charge is 0.325 e. The number of unbranched alkanes of at least 4 members (excludes halogenated alkanes) is 2. The Morgan fingerprint density at radius 3 is 2.53 bits per heavy atom. The average molecular weight is 214 g/mol. The largest absolute Gasteiger partial charge is 0.368 e. The van der Waals surface area contributed by atoms with Crippen LogP contribution in [-0.4, -0.2) is 30.7 Å². The van der Waals surface area contributed by atoms with Crippen LogP contribution in [0, 0.1) is 0 Å². The van der Waals surface area contributed by atoms with E-state index in [1.807, 2.05) is 0 Å². The van der Waals surface area contributed by atoms with Crippen LogP contribution in [0.25, 0.3) is 0 Å². The maximum atomic E-state index is 11.4. The number of hydrogen-bond acceptors (Lipinski definition) is 4. The molecule has 0 bridgehead atoms. The highest BCUT2D eigenvalue weighted by molar-refractivity contribution is 5.68. The van der Waals surface area contributed by atoms with Crippen LogP contribution >= 0.6 is 0 Å². The molecule has 1 fully saturated rings. The van der Waals surface area contributed by atoms with Gasteiger partial charge in [-0.2, -0.15) is 0 Å².